The van der Waals surface area contributed by atoms with Crippen LogP contribution in [0.2, 0.25) is 0 Å². The first-order valence-corrected chi connectivity index (χ1v) is 7.17. The molecule has 0 bridgehead atoms. The van der Waals surface area contributed by atoms with Crippen molar-refractivity contribution in [1.82, 2.24) is 0 Å². The number of rotatable bonds is 10. The SMILES string of the molecule is N/N=C(/P)N(N)c1ccc(OCCOCCOCC=O)cc1. The second kappa shape index (κ2) is 10.9. The van der Waals surface area contributed by atoms with Crippen molar-refractivity contribution in [3.8, 4) is 5.75 Å². The topological polar surface area (TPSA) is 112 Å². The average molecular weight is 328 g/mol. The minimum Gasteiger partial charge on any atom is -0.491 e. The van der Waals surface area contributed by atoms with Crippen molar-refractivity contribution in [2.45, 2.75) is 0 Å². The van der Waals surface area contributed by atoms with Crippen molar-refractivity contribution in [2.75, 3.05) is 38.0 Å². The van der Waals surface area contributed by atoms with E-state index in [1.807, 2.05) is 0 Å². The Balaban J connectivity index is 2.23. The molecule has 4 N–H and O–H groups in total. The quantitative estimate of drug-likeness (QED) is 0.119. The van der Waals surface area contributed by atoms with Gasteiger partial charge in [0.2, 0.25) is 0 Å². The lowest BCUT2D eigenvalue weighted by Crippen LogP contribution is -2.34. The first kappa shape index (κ1) is 18.3. The molecule has 1 aromatic carbocycles. The zero-order valence-electron chi connectivity index (χ0n) is 12.2. The molecule has 9 heteroatoms. The summed E-state index contributed by atoms with van der Waals surface area (Å²) in [6.45, 7) is 1.76. The second-order valence-corrected chi connectivity index (χ2v) is 4.57. The number of hydrazone groups is 1. The third kappa shape index (κ3) is 6.82. The van der Waals surface area contributed by atoms with Crippen LogP contribution < -0.4 is 21.4 Å². The molecular formula is C13H21N4O4P. The van der Waals surface area contributed by atoms with Crippen LogP contribution in [-0.2, 0) is 14.3 Å². The van der Waals surface area contributed by atoms with Gasteiger partial charge in [0.15, 0.2) is 5.58 Å². The smallest absolute Gasteiger partial charge is 0.159 e. The van der Waals surface area contributed by atoms with Gasteiger partial charge >= 0.3 is 0 Å². The van der Waals surface area contributed by atoms with Crippen molar-refractivity contribution >= 4 is 26.8 Å². The van der Waals surface area contributed by atoms with E-state index in [1.165, 1.54) is 5.01 Å². The lowest BCUT2D eigenvalue weighted by atomic mass is 10.3. The molecule has 0 aromatic heterocycles. The minimum absolute atomic E-state index is 0.0945. The molecule has 1 aromatic rings. The van der Waals surface area contributed by atoms with Crippen LogP contribution >= 0.6 is 9.24 Å². The van der Waals surface area contributed by atoms with Crippen LogP contribution in [0.15, 0.2) is 29.4 Å². The molecule has 0 aliphatic rings. The van der Waals surface area contributed by atoms with Crippen LogP contribution in [-0.4, -0.2) is 44.9 Å². The van der Waals surface area contributed by atoms with Gasteiger partial charge in [-0.25, -0.2) is 5.84 Å². The Morgan fingerprint density at radius 3 is 2.45 bits per heavy atom. The number of hydrazine groups is 1. The number of benzene rings is 1. The largest absolute Gasteiger partial charge is 0.491 e. The normalized spacial score (nSPS) is 11.3. The summed E-state index contributed by atoms with van der Waals surface area (Å²) in [6, 6.07) is 7.16. The molecule has 0 aliphatic carbocycles. The Morgan fingerprint density at radius 2 is 1.82 bits per heavy atom. The summed E-state index contributed by atoms with van der Waals surface area (Å²) >= 11 is 0. The molecule has 1 rings (SSSR count). The first-order chi connectivity index (χ1) is 10.7. The Morgan fingerprint density at radius 1 is 1.18 bits per heavy atom. The standard InChI is InChI=1S/C13H21N4O4P/c14-16-13(22)17(15)11-1-3-12(4-2-11)21-10-9-20-8-7-19-6-5-18/h1-5H,6-10,14-15,22H2/b16-13+. The van der Waals surface area contributed by atoms with E-state index >= 15 is 0 Å². The summed E-state index contributed by atoms with van der Waals surface area (Å²) in [5.41, 5.74) is 1.15. The van der Waals surface area contributed by atoms with Gasteiger partial charge in [0.25, 0.3) is 0 Å². The molecule has 1 atom stereocenters. The molecule has 0 heterocycles. The molecule has 122 valence electrons. The molecule has 0 radical (unpaired) electrons. The van der Waals surface area contributed by atoms with E-state index in [1.54, 1.807) is 24.3 Å². The summed E-state index contributed by atoms with van der Waals surface area (Å²) in [5.74, 6) is 11.7. The number of carbonyl (C=O) groups excluding carboxylic acids is 1. The van der Waals surface area contributed by atoms with Crippen LogP contribution in [0.4, 0.5) is 5.69 Å². The number of aldehydes is 1. The number of nitrogens with two attached hydrogens (primary N) is 2. The van der Waals surface area contributed by atoms with Crippen molar-refractivity contribution in [1.29, 1.82) is 0 Å². The van der Waals surface area contributed by atoms with Gasteiger partial charge in [-0.2, -0.15) is 5.10 Å². The van der Waals surface area contributed by atoms with Gasteiger partial charge in [-0.3, -0.25) is 5.01 Å². The Kier molecular flexibility index (Phi) is 9.09. The summed E-state index contributed by atoms with van der Waals surface area (Å²) in [4.78, 5) is 10.0. The predicted molar refractivity (Wildman–Crippen MR) is 87.6 cm³/mol. The van der Waals surface area contributed by atoms with Gasteiger partial charge in [-0.1, -0.05) is 9.24 Å². The lowest BCUT2D eigenvalue weighted by Gasteiger charge is -2.17. The van der Waals surface area contributed by atoms with Gasteiger partial charge in [0.05, 0.1) is 25.5 Å². The zero-order chi connectivity index (χ0) is 16.2. The van der Waals surface area contributed by atoms with E-state index < -0.39 is 0 Å². The van der Waals surface area contributed by atoms with E-state index in [0.29, 0.717) is 44.0 Å². The maximum atomic E-state index is 10.0. The number of anilines is 1. The number of carbonyl (C=O) groups is 1. The molecule has 1 unspecified atom stereocenters. The van der Waals surface area contributed by atoms with Crippen molar-refractivity contribution in [2.24, 2.45) is 16.8 Å². The van der Waals surface area contributed by atoms with Crippen molar-refractivity contribution in [3.63, 3.8) is 0 Å². The van der Waals surface area contributed by atoms with E-state index in [0.717, 1.165) is 5.69 Å². The average Bonchev–Trinajstić information content (AvgIpc) is 2.56. The highest BCUT2D eigenvalue weighted by molar-refractivity contribution is 7.41. The van der Waals surface area contributed by atoms with Gasteiger partial charge in [-0.05, 0) is 24.3 Å². The fourth-order valence-electron chi connectivity index (χ4n) is 1.47. The minimum atomic E-state index is 0.0945. The summed E-state index contributed by atoms with van der Waals surface area (Å²) in [7, 11) is 2.34. The monoisotopic (exact) mass is 328 g/mol. The molecule has 0 saturated carbocycles. The van der Waals surface area contributed by atoms with Crippen LogP contribution in [0.1, 0.15) is 0 Å². The highest BCUT2D eigenvalue weighted by atomic mass is 31.0. The van der Waals surface area contributed by atoms with Crippen LogP contribution in [0.5, 0.6) is 5.75 Å². The molecule has 8 nitrogen and oxygen atoms in total. The zero-order valence-corrected chi connectivity index (χ0v) is 13.3. The maximum Gasteiger partial charge on any atom is 0.159 e. The number of hydrogen-bond acceptors (Lipinski definition) is 7. The second-order valence-electron chi connectivity index (χ2n) is 4.05. The van der Waals surface area contributed by atoms with Crippen LogP contribution in [0, 0.1) is 0 Å². The summed E-state index contributed by atoms with van der Waals surface area (Å²) < 4.78 is 15.7. The fourth-order valence-corrected chi connectivity index (χ4v) is 1.62. The maximum absolute atomic E-state index is 10.0. The van der Waals surface area contributed by atoms with Gasteiger partial charge in [-0.15, -0.1) is 0 Å². The molecule has 22 heavy (non-hydrogen) atoms. The predicted octanol–water partition coefficient (Wildman–Crippen LogP) is 0.0824. The summed E-state index contributed by atoms with van der Waals surface area (Å²) in [6.07, 6.45) is 0.703. The van der Waals surface area contributed by atoms with Gasteiger partial charge in [0.1, 0.15) is 25.2 Å². The molecule has 0 fully saturated rings. The lowest BCUT2D eigenvalue weighted by molar-refractivity contribution is -0.112. The van der Waals surface area contributed by atoms with Crippen molar-refractivity contribution < 1.29 is 19.0 Å². The third-order valence-electron chi connectivity index (χ3n) is 2.55. The van der Waals surface area contributed by atoms with E-state index in [9.17, 15) is 4.79 Å². The number of hydrogen-bond donors (Lipinski definition) is 2. The first-order valence-electron chi connectivity index (χ1n) is 6.59. The Hall–Kier alpha value is -1.73. The van der Waals surface area contributed by atoms with E-state index in [4.69, 9.17) is 25.9 Å². The number of amidine groups is 1. The van der Waals surface area contributed by atoms with E-state index in [-0.39, 0.29) is 6.61 Å². The van der Waals surface area contributed by atoms with Crippen LogP contribution in [0.25, 0.3) is 0 Å². The molecular weight excluding hydrogens is 307 g/mol. The molecule has 0 spiro atoms. The summed E-state index contributed by atoms with van der Waals surface area (Å²) in [5, 5.41) is 4.83. The third-order valence-corrected chi connectivity index (χ3v) is 2.98. The van der Waals surface area contributed by atoms with E-state index in [2.05, 4.69) is 14.3 Å². The fraction of sp³-hybridized carbons (Fsp3) is 0.385. The van der Waals surface area contributed by atoms with Gasteiger partial charge < -0.3 is 24.8 Å². The Labute approximate surface area is 131 Å². The number of nitrogens with zero attached hydrogens (tertiary/aromatic N) is 2. The number of ether oxygens (including phenoxy) is 3. The molecule has 0 aliphatic heterocycles. The Bertz CT molecular complexity index is 470. The molecule has 0 amide bonds. The highest BCUT2D eigenvalue weighted by Crippen LogP contribution is 2.18. The highest BCUT2D eigenvalue weighted by Gasteiger charge is 2.04. The molecule has 0 saturated heterocycles. The van der Waals surface area contributed by atoms with Crippen LogP contribution in [0.3, 0.4) is 0 Å². The van der Waals surface area contributed by atoms with Crippen molar-refractivity contribution in [3.05, 3.63) is 24.3 Å². The van der Waals surface area contributed by atoms with Gasteiger partial charge in [0, 0.05) is 0 Å².